The SMILES string of the molecule is O=C(Cc1ccc(-n2cnnn2)cc1)NCCC1CCCNC1. The minimum absolute atomic E-state index is 0.0731. The van der Waals surface area contributed by atoms with Gasteiger partial charge in [0.2, 0.25) is 5.91 Å². The molecule has 0 saturated carbocycles. The van der Waals surface area contributed by atoms with Crippen LogP contribution >= 0.6 is 0 Å². The molecule has 7 heteroatoms. The maximum Gasteiger partial charge on any atom is 0.224 e. The van der Waals surface area contributed by atoms with Crippen LogP contribution in [0.15, 0.2) is 30.6 Å². The summed E-state index contributed by atoms with van der Waals surface area (Å²) in [6, 6.07) is 7.68. The molecule has 2 N–H and O–H groups in total. The molecule has 1 amide bonds. The number of rotatable bonds is 6. The van der Waals surface area contributed by atoms with E-state index >= 15 is 0 Å². The number of carbonyl (C=O) groups is 1. The van der Waals surface area contributed by atoms with Gasteiger partial charge in [0, 0.05) is 6.54 Å². The van der Waals surface area contributed by atoms with Gasteiger partial charge in [-0.05, 0) is 66.4 Å². The van der Waals surface area contributed by atoms with Gasteiger partial charge in [0.1, 0.15) is 6.33 Å². The molecule has 1 fully saturated rings. The molecule has 0 spiro atoms. The molecule has 1 atom stereocenters. The summed E-state index contributed by atoms with van der Waals surface area (Å²) in [5.74, 6) is 0.767. The van der Waals surface area contributed by atoms with E-state index in [9.17, 15) is 4.79 Å². The second kappa shape index (κ2) is 7.82. The van der Waals surface area contributed by atoms with Crippen LogP contribution in [0.5, 0.6) is 0 Å². The Balaban J connectivity index is 1.42. The van der Waals surface area contributed by atoms with Crippen molar-refractivity contribution < 1.29 is 4.79 Å². The molecule has 1 aromatic carbocycles. The van der Waals surface area contributed by atoms with Crippen molar-refractivity contribution in [2.45, 2.75) is 25.7 Å². The Morgan fingerprint density at radius 1 is 1.35 bits per heavy atom. The maximum absolute atomic E-state index is 12.0. The van der Waals surface area contributed by atoms with Crippen molar-refractivity contribution >= 4 is 5.91 Å². The molecule has 2 heterocycles. The van der Waals surface area contributed by atoms with Gasteiger partial charge >= 0.3 is 0 Å². The van der Waals surface area contributed by atoms with Gasteiger partial charge in [0.05, 0.1) is 12.1 Å². The molecule has 1 aliphatic heterocycles. The van der Waals surface area contributed by atoms with Crippen molar-refractivity contribution in [3.8, 4) is 5.69 Å². The maximum atomic E-state index is 12.0. The highest BCUT2D eigenvalue weighted by atomic mass is 16.1. The fourth-order valence-corrected chi connectivity index (χ4v) is 2.88. The van der Waals surface area contributed by atoms with Crippen LogP contribution in [0, 0.1) is 5.92 Å². The number of nitrogens with zero attached hydrogens (tertiary/aromatic N) is 4. The molecule has 23 heavy (non-hydrogen) atoms. The lowest BCUT2D eigenvalue weighted by molar-refractivity contribution is -0.120. The van der Waals surface area contributed by atoms with Crippen molar-refractivity contribution in [2.75, 3.05) is 19.6 Å². The van der Waals surface area contributed by atoms with Gasteiger partial charge in [-0.15, -0.1) is 5.10 Å². The summed E-state index contributed by atoms with van der Waals surface area (Å²) in [4.78, 5) is 12.0. The van der Waals surface area contributed by atoms with Crippen LogP contribution in [0.4, 0.5) is 0 Å². The van der Waals surface area contributed by atoms with Gasteiger partial charge < -0.3 is 10.6 Å². The van der Waals surface area contributed by atoms with Crippen molar-refractivity contribution in [3.63, 3.8) is 0 Å². The Morgan fingerprint density at radius 2 is 2.22 bits per heavy atom. The van der Waals surface area contributed by atoms with Gasteiger partial charge in [0.25, 0.3) is 0 Å². The zero-order valence-corrected chi connectivity index (χ0v) is 13.1. The molecule has 0 radical (unpaired) electrons. The van der Waals surface area contributed by atoms with Crippen molar-refractivity contribution in [2.24, 2.45) is 5.92 Å². The monoisotopic (exact) mass is 314 g/mol. The molecule has 7 nitrogen and oxygen atoms in total. The molecule has 2 aromatic rings. The van der Waals surface area contributed by atoms with E-state index in [1.807, 2.05) is 24.3 Å². The third kappa shape index (κ3) is 4.59. The summed E-state index contributed by atoms with van der Waals surface area (Å²) in [5.41, 5.74) is 1.86. The fourth-order valence-electron chi connectivity index (χ4n) is 2.88. The third-order valence-electron chi connectivity index (χ3n) is 4.19. The summed E-state index contributed by atoms with van der Waals surface area (Å²) < 4.78 is 1.59. The second-order valence-corrected chi connectivity index (χ2v) is 5.95. The Morgan fingerprint density at radius 3 is 2.91 bits per heavy atom. The average molecular weight is 314 g/mol. The smallest absolute Gasteiger partial charge is 0.224 e. The highest BCUT2D eigenvalue weighted by molar-refractivity contribution is 5.78. The Hall–Kier alpha value is -2.28. The lowest BCUT2D eigenvalue weighted by Crippen LogP contribution is -2.33. The predicted molar refractivity (Wildman–Crippen MR) is 86.1 cm³/mol. The summed E-state index contributed by atoms with van der Waals surface area (Å²) in [7, 11) is 0. The van der Waals surface area contributed by atoms with Gasteiger partial charge in [-0.3, -0.25) is 4.79 Å². The van der Waals surface area contributed by atoms with Crippen molar-refractivity contribution in [3.05, 3.63) is 36.2 Å². The lowest BCUT2D eigenvalue weighted by atomic mass is 9.96. The number of benzene rings is 1. The summed E-state index contributed by atoms with van der Waals surface area (Å²) in [6.45, 7) is 2.96. The van der Waals surface area contributed by atoms with E-state index in [1.165, 1.54) is 12.8 Å². The fraction of sp³-hybridized carbons (Fsp3) is 0.500. The zero-order chi connectivity index (χ0) is 15.9. The standard InChI is InChI=1S/C16H22N6O/c23-16(18-9-7-14-2-1-8-17-11-14)10-13-3-5-15(6-4-13)22-12-19-20-21-22/h3-6,12,14,17H,1-2,7-11H2,(H,18,23). The van der Waals surface area contributed by atoms with E-state index < -0.39 is 0 Å². The van der Waals surface area contributed by atoms with Crippen molar-refractivity contribution in [1.82, 2.24) is 30.8 Å². The van der Waals surface area contributed by atoms with Crippen LogP contribution in [0.25, 0.3) is 5.69 Å². The molecule has 122 valence electrons. The third-order valence-corrected chi connectivity index (χ3v) is 4.19. The first-order valence-corrected chi connectivity index (χ1v) is 8.11. The van der Waals surface area contributed by atoms with Gasteiger partial charge in [-0.25, -0.2) is 4.68 Å². The average Bonchev–Trinajstić information content (AvgIpc) is 3.11. The number of carbonyl (C=O) groups excluding carboxylic acids is 1. The van der Waals surface area contributed by atoms with E-state index in [2.05, 4.69) is 26.2 Å². The number of aromatic nitrogens is 4. The number of tetrazole rings is 1. The number of hydrogen-bond acceptors (Lipinski definition) is 5. The molecule has 1 aromatic heterocycles. The Labute approximate surface area is 135 Å². The first-order chi connectivity index (χ1) is 11.3. The quantitative estimate of drug-likeness (QED) is 0.820. The minimum atomic E-state index is 0.0731. The second-order valence-electron chi connectivity index (χ2n) is 5.95. The molecular weight excluding hydrogens is 292 g/mol. The largest absolute Gasteiger partial charge is 0.356 e. The van der Waals surface area contributed by atoms with E-state index in [-0.39, 0.29) is 5.91 Å². The molecule has 1 unspecified atom stereocenters. The number of piperidine rings is 1. The van der Waals surface area contributed by atoms with E-state index in [0.29, 0.717) is 12.3 Å². The van der Waals surface area contributed by atoms with Crippen LogP contribution in [-0.4, -0.2) is 45.7 Å². The topological polar surface area (TPSA) is 84.7 Å². The Kier molecular flexibility index (Phi) is 5.31. The highest BCUT2D eigenvalue weighted by Crippen LogP contribution is 2.13. The number of hydrogen-bond donors (Lipinski definition) is 2. The van der Waals surface area contributed by atoms with Crippen LogP contribution in [0.3, 0.4) is 0 Å². The molecule has 0 aliphatic carbocycles. The van der Waals surface area contributed by atoms with E-state index in [4.69, 9.17) is 0 Å². The summed E-state index contributed by atoms with van der Waals surface area (Å²) in [6.07, 6.45) is 5.51. The molecular formula is C16H22N6O. The Bertz CT molecular complexity index is 604. The predicted octanol–water partition coefficient (Wildman–Crippen LogP) is 0.711. The molecule has 1 aliphatic rings. The highest BCUT2D eigenvalue weighted by Gasteiger charge is 2.13. The molecule has 3 rings (SSSR count). The number of nitrogens with one attached hydrogen (secondary N) is 2. The van der Waals surface area contributed by atoms with Gasteiger partial charge in [-0.1, -0.05) is 12.1 Å². The van der Waals surface area contributed by atoms with Gasteiger partial charge in [-0.2, -0.15) is 0 Å². The van der Waals surface area contributed by atoms with E-state index in [1.54, 1.807) is 11.0 Å². The van der Waals surface area contributed by atoms with Gasteiger partial charge in [0.15, 0.2) is 0 Å². The minimum Gasteiger partial charge on any atom is -0.356 e. The van der Waals surface area contributed by atoms with E-state index in [0.717, 1.165) is 37.3 Å². The number of amides is 1. The first-order valence-electron chi connectivity index (χ1n) is 8.11. The summed E-state index contributed by atoms with van der Waals surface area (Å²) in [5, 5.41) is 17.5. The summed E-state index contributed by atoms with van der Waals surface area (Å²) >= 11 is 0. The van der Waals surface area contributed by atoms with Crippen LogP contribution < -0.4 is 10.6 Å². The first kappa shape index (κ1) is 15.6. The zero-order valence-electron chi connectivity index (χ0n) is 13.1. The molecule has 1 saturated heterocycles. The molecule has 0 bridgehead atoms. The van der Waals surface area contributed by atoms with Crippen molar-refractivity contribution in [1.29, 1.82) is 0 Å². The van der Waals surface area contributed by atoms with Crippen LogP contribution in [-0.2, 0) is 11.2 Å². The van der Waals surface area contributed by atoms with Crippen LogP contribution in [0.1, 0.15) is 24.8 Å². The normalized spacial score (nSPS) is 17.8. The van der Waals surface area contributed by atoms with Crippen LogP contribution in [0.2, 0.25) is 0 Å². The lowest BCUT2D eigenvalue weighted by Gasteiger charge is -2.22.